The van der Waals surface area contributed by atoms with Crippen molar-refractivity contribution in [1.29, 1.82) is 0 Å². The second kappa shape index (κ2) is 11.5. The fourth-order valence-electron chi connectivity index (χ4n) is 4.01. The molecule has 2 heterocycles. The molecule has 1 saturated heterocycles. The Morgan fingerprint density at radius 2 is 1.92 bits per heavy atom. The first-order valence-corrected chi connectivity index (χ1v) is 13.4. The number of nitrogens with one attached hydrogen (secondary N) is 1. The van der Waals surface area contributed by atoms with E-state index in [4.69, 9.17) is 26.8 Å². The Bertz CT molecular complexity index is 1400. The third kappa shape index (κ3) is 7.15. The number of ether oxygens (including phenoxy) is 2. The summed E-state index contributed by atoms with van der Waals surface area (Å²) >= 11 is 7.07. The topological polar surface area (TPSA) is 150 Å². The van der Waals surface area contributed by atoms with Crippen molar-refractivity contribution >= 4 is 51.4 Å². The molecule has 13 heteroatoms. The monoisotopic (exact) mass is 573 g/mol. The third-order valence-corrected chi connectivity index (χ3v) is 6.97. The second-order valence-corrected chi connectivity index (χ2v) is 11.4. The number of nitrogens with zero attached hydrogens (tertiary/aromatic N) is 3. The molecule has 0 radical (unpaired) electrons. The van der Waals surface area contributed by atoms with Crippen LogP contribution in [0.1, 0.15) is 43.3 Å². The molecular weight excluding hydrogens is 546 g/mol. The summed E-state index contributed by atoms with van der Waals surface area (Å²) in [5, 5.41) is 15.4. The molecule has 1 fully saturated rings. The van der Waals surface area contributed by atoms with Crippen molar-refractivity contribution in [2.24, 2.45) is 5.73 Å². The van der Waals surface area contributed by atoms with Crippen LogP contribution >= 0.6 is 22.9 Å². The van der Waals surface area contributed by atoms with Gasteiger partial charge in [-0.15, -0.1) is 0 Å². The molecule has 0 spiro atoms. The molecule has 2 aromatic carbocycles. The second-order valence-electron chi connectivity index (χ2n) is 9.92. The van der Waals surface area contributed by atoms with Gasteiger partial charge in [0.05, 0.1) is 10.6 Å². The highest BCUT2D eigenvalue weighted by Gasteiger charge is 2.28. The molecule has 206 valence electrons. The van der Waals surface area contributed by atoms with Crippen molar-refractivity contribution in [3.63, 3.8) is 0 Å². The van der Waals surface area contributed by atoms with Crippen LogP contribution in [0.2, 0.25) is 5.02 Å². The van der Waals surface area contributed by atoms with Gasteiger partial charge in [-0.1, -0.05) is 35.1 Å². The van der Waals surface area contributed by atoms with Crippen molar-refractivity contribution in [2.75, 3.05) is 18.4 Å². The van der Waals surface area contributed by atoms with Crippen LogP contribution in [0.4, 0.5) is 21.3 Å². The summed E-state index contributed by atoms with van der Waals surface area (Å²) in [4.78, 5) is 41.9. The van der Waals surface area contributed by atoms with Crippen LogP contribution in [0.3, 0.4) is 0 Å². The molecule has 2 amide bonds. The molecule has 1 aliphatic heterocycles. The quantitative estimate of drug-likeness (QED) is 0.258. The predicted octanol–water partition coefficient (Wildman–Crippen LogP) is 5.99. The number of benzene rings is 2. The van der Waals surface area contributed by atoms with Gasteiger partial charge in [0.15, 0.2) is 5.13 Å². The van der Waals surface area contributed by atoms with E-state index in [9.17, 15) is 19.7 Å². The molecule has 4 rings (SSSR count). The maximum absolute atomic E-state index is 12.3. The van der Waals surface area contributed by atoms with Crippen LogP contribution in [-0.2, 0) is 4.74 Å². The number of carbonyl (C=O) groups excluding carboxylic acids is 2. The highest BCUT2D eigenvalue weighted by Crippen LogP contribution is 2.37. The van der Waals surface area contributed by atoms with E-state index in [0.29, 0.717) is 48.0 Å². The molecular formula is C26H28ClN5O6S. The number of halogens is 1. The Morgan fingerprint density at radius 1 is 1.21 bits per heavy atom. The minimum absolute atomic E-state index is 0.145. The van der Waals surface area contributed by atoms with E-state index in [-0.39, 0.29) is 33.6 Å². The molecule has 0 saturated carbocycles. The largest absolute Gasteiger partial charge is 0.490 e. The number of amides is 2. The van der Waals surface area contributed by atoms with E-state index in [1.54, 1.807) is 29.2 Å². The van der Waals surface area contributed by atoms with Crippen molar-refractivity contribution in [1.82, 2.24) is 9.88 Å². The lowest BCUT2D eigenvalue weighted by Crippen LogP contribution is -2.44. The summed E-state index contributed by atoms with van der Waals surface area (Å²) in [6.07, 6.45) is 0.611. The Labute approximate surface area is 234 Å². The number of likely N-dealkylation sites (tertiary alicyclic amines) is 1. The van der Waals surface area contributed by atoms with Crippen LogP contribution in [0.25, 0.3) is 11.3 Å². The summed E-state index contributed by atoms with van der Waals surface area (Å²) in [6, 6.07) is 11.2. The van der Waals surface area contributed by atoms with Gasteiger partial charge in [-0.05, 0) is 39.0 Å². The maximum Gasteiger partial charge on any atom is 0.410 e. The van der Waals surface area contributed by atoms with Gasteiger partial charge in [-0.25, -0.2) is 9.78 Å². The number of hydrogen-bond acceptors (Lipinski definition) is 9. The average Bonchev–Trinajstić information content (AvgIpc) is 3.28. The normalized spacial score (nSPS) is 14.1. The molecule has 0 atom stereocenters. The molecule has 0 aliphatic carbocycles. The van der Waals surface area contributed by atoms with Gasteiger partial charge in [-0.3, -0.25) is 14.9 Å². The Balaban J connectivity index is 1.51. The maximum atomic E-state index is 12.3. The van der Waals surface area contributed by atoms with Gasteiger partial charge in [-0.2, -0.15) is 0 Å². The number of nitro groups is 1. The van der Waals surface area contributed by atoms with E-state index in [1.165, 1.54) is 18.2 Å². The number of hydrogen-bond donors (Lipinski definition) is 2. The zero-order valence-electron chi connectivity index (χ0n) is 21.6. The summed E-state index contributed by atoms with van der Waals surface area (Å²) in [5.41, 5.74) is 5.86. The highest BCUT2D eigenvalue weighted by molar-refractivity contribution is 7.18. The van der Waals surface area contributed by atoms with Gasteiger partial charge in [0.25, 0.3) is 11.6 Å². The van der Waals surface area contributed by atoms with Crippen LogP contribution in [0.5, 0.6) is 5.75 Å². The zero-order valence-corrected chi connectivity index (χ0v) is 23.2. The summed E-state index contributed by atoms with van der Waals surface area (Å²) in [5.74, 6) is -0.264. The number of carbonyl (C=O) groups is 2. The third-order valence-electron chi connectivity index (χ3n) is 5.75. The van der Waals surface area contributed by atoms with Crippen LogP contribution in [0, 0.1) is 10.1 Å². The number of nitrogens with two attached hydrogens (primary N) is 1. The van der Waals surface area contributed by atoms with Crippen LogP contribution in [-0.4, -0.2) is 51.6 Å². The standard InChI is InChI=1S/C26H28ClN5O6S/c1-26(2,3)38-25(34)31-11-9-17(10-12-31)37-18-7-8-20(32(35)36)19(14-18)29-24-30-21(22(39-24)23(28)33)15-5-4-6-16(27)13-15/h4-8,13-14,17H,9-12H2,1-3H3,(H2,28,33)(H,29,30). The number of nitro benzene ring substituents is 1. The van der Waals surface area contributed by atoms with E-state index in [1.807, 2.05) is 20.8 Å². The van der Waals surface area contributed by atoms with Gasteiger partial charge in [0.2, 0.25) is 0 Å². The summed E-state index contributed by atoms with van der Waals surface area (Å²) in [6.45, 7) is 6.40. The Kier molecular flexibility index (Phi) is 8.26. The van der Waals surface area contributed by atoms with E-state index in [2.05, 4.69) is 10.3 Å². The van der Waals surface area contributed by atoms with Crippen LogP contribution < -0.4 is 15.8 Å². The number of anilines is 2. The summed E-state index contributed by atoms with van der Waals surface area (Å²) in [7, 11) is 0. The lowest BCUT2D eigenvalue weighted by Gasteiger charge is -2.33. The minimum atomic E-state index is -0.681. The SMILES string of the molecule is CC(C)(C)OC(=O)N1CCC(Oc2ccc([N+](=O)[O-])c(Nc3nc(-c4cccc(Cl)c4)c(C(N)=O)s3)c2)CC1. The molecule has 3 aromatic rings. The average molecular weight is 574 g/mol. The van der Waals surface area contributed by atoms with Crippen LogP contribution in [0.15, 0.2) is 42.5 Å². The first-order valence-electron chi connectivity index (χ1n) is 12.2. The molecule has 0 bridgehead atoms. The van der Waals surface area contributed by atoms with E-state index in [0.717, 1.165) is 11.3 Å². The molecule has 3 N–H and O–H groups in total. The van der Waals surface area contributed by atoms with E-state index >= 15 is 0 Å². The summed E-state index contributed by atoms with van der Waals surface area (Å²) < 4.78 is 11.5. The number of rotatable bonds is 7. The minimum Gasteiger partial charge on any atom is -0.490 e. The molecule has 1 aromatic heterocycles. The Morgan fingerprint density at radius 3 is 2.54 bits per heavy atom. The van der Waals surface area contributed by atoms with Gasteiger partial charge in [0.1, 0.15) is 28.0 Å². The molecule has 0 unspecified atom stereocenters. The van der Waals surface area contributed by atoms with Crippen molar-refractivity contribution in [2.45, 2.75) is 45.3 Å². The number of thiazole rings is 1. The first kappa shape index (κ1) is 28.1. The van der Waals surface area contributed by atoms with Crippen molar-refractivity contribution in [3.8, 4) is 17.0 Å². The first-order chi connectivity index (χ1) is 18.4. The molecule has 11 nitrogen and oxygen atoms in total. The number of aromatic nitrogens is 1. The van der Waals surface area contributed by atoms with Gasteiger partial charge < -0.3 is 25.4 Å². The van der Waals surface area contributed by atoms with E-state index < -0.39 is 16.4 Å². The van der Waals surface area contributed by atoms with Gasteiger partial charge >= 0.3 is 6.09 Å². The predicted molar refractivity (Wildman–Crippen MR) is 149 cm³/mol. The number of primary amides is 1. The molecule has 1 aliphatic rings. The smallest absolute Gasteiger partial charge is 0.410 e. The van der Waals surface area contributed by atoms with Crippen molar-refractivity contribution < 1.29 is 24.0 Å². The fourth-order valence-corrected chi connectivity index (χ4v) is 5.05. The molecule has 39 heavy (non-hydrogen) atoms. The lowest BCUT2D eigenvalue weighted by molar-refractivity contribution is -0.383. The number of piperidine rings is 1. The zero-order chi connectivity index (χ0) is 28.3. The highest BCUT2D eigenvalue weighted by atomic mass is 35.5. The van der Waals surface area contributed by atoms with Crippen molar-refractivity contribution in [3.05, 3.63) is 62.5 Å². The lowest BCUT2D eigenvalue weighted by atomic mass is 10.1. The van der Waals surface area contributed by atoms with Gasteiger partial charge in [0, 0.05) is 48.6 Å². The Hall–Kier alpha value is -3.90. The fraction of sp³-hybridized carbons (Fsp3) is 0.346.